The summed E-state index contributed by atoms with van der Waals surface area (Å²) in [5.74, 6) is 0.770. The van der Waals surface area contributed by atoms with Crippen molar-refractivity contribution >= 4 is 17.0 Å². The largest absolute Gasteiger partial charge is 0.399 e. The zero-order valence-electron chi connectivity index (χ0n) is 16.9. The zero-order valence-corrected chi connectivity index (χ0v) is 17.7. The summed E-state index contributed by atoms with van der Waals surface area (Å²) >= 11 is 1.79. The molecule has 6 heteroatoms. The molecule has 0 saturated heterocycles. The van der Waals surface area contributed by atoms with Gasteiger partial charge in [0.25, 0.3) is 0 Å². The standard InChI is InChI=1S/C24H23N5S/c1-16-27-23(17-5-3-2-4-6-17)22(30-16)15-29-12-11-21-19(14-29)13-26-24(28-21)18-7-9-20(25)10-8-18/h2-10,13H,11-12,14-15,25H2,1H3. The van der Waals surface area contributed by atoms with E-state index in [0.717, 1.165) is 59.5 Å². The first-order chi connectivity index (χ1) is 14.7. The van der Waals surface area contributed by atoms with Gasteiger partial charge in [-0.15, -0.1) is 11.3 Å². The molecule has 0 fully saturated rings. The van der Waals surface area contributed by atoms with Crippen LogP contribution < -0.4 is 5.73 Å². The summed E-state index contributed by atoms with van der Waals surface area (Å²) in [4.78, 5) is 18.0. The number of anilines is 1. The Morgan fingerprint density at radius 2 is 1.80 bits per heavy atom. The molecule has 2 N–H and O–H groups in total. The van der Waals surface area contributed by atoms with Gasteiger partial charge < -0.3 is 5.73 Å². The smallest absolute Gasteiger partial charge is 0.159 e. The van der Waals surface area contributed by atoms with Gasteiger partial charge in [-0.1, -0.05) is 30.3 Å². The molecule has 5 nitrogen and oxygen atoms in total. The summed E-state index contributed by atoms with van der Waals surface area (Å²) in [6.07, 6.45) is 2.91. The van der Waals surface area contributed by atoms with Crippen molar-refractivity contribution in [2.45, 2.75) is 26.4 Å². The molecule has 0 saturated carbocycles. The van der Waals surface area contributed by atoms with Gasteiger partial charge >= 0.3 is 0 Å². The number of benzene rings is 2. The van der Waals surface area contributed by atoms with E-state index >= 15 is 0 Å². The van der Waals surface area contributed by atoms with Crippen LogP contribution in [0.15, 0.2) is 60.8 Å². The second kappa shape index (κ2) is 7.97. The van der Waals surface area contributed by atoms with E-state index in [2.05, 4.69) is 41.1 Å². The third-order valence-corrected chi connectivity index (χ3v) is 6.36. The van der Waals surface area contributed by atoms with Crippen molar-refractivity contribution in [2.75, 3.05) is 12.3 Å². The van der Waals surface area contributed by atoms with Gasteiger partial charge in [-0.3, -0.25) is 4.90 Å². The van der Waals surface area contributed by atoms with E-state index in [4.69, 9.17) is 15.7 Å². The maximum atomic E-state index is 5.79. The number of aromatic nitrogens is 3. The lowest BCUT2D eigenvalue weighted by atomic mass is 10.1. The van der Waals surface area contributed by atoms with Crippen molar-refractivity contribution in [1.29, 1.82) is 0 Å². The van der Waals surface area contributed by atoms with Gasteiger partial charge in [0.15, 0.2) is 5.82 Å². The molecule has 2 aromatic heterocycles. The molecule has 5 rings (SSSR count). The van der Waals surface area contributed by atoms with Crippen LogP contribution in [-0.2, 0) is 19.5 Å². The Bertz CT molecular complexity index is 1170. The predicted octanol–water partition coefficient (Wildman–Crippen LogP) is 4.72. The van der Waals surface area contributed by atoms with Gasteiger partial charge in [0.05, 0.1) is 16.4 Å². The van der Waals surface area contributed by atoms with Crippen LogP contribution in [0.5, 0.6) is 0 Å². The monoisotopic (exact) mass is 413 g/mol. The first kappa shape index (κ1) is 18.9. The quantitative estimate of drug-likeness (QED) is 0.491. The Hall–Kier alpha value is -3.09. The van der Waals surface area contributed by atoms with Crippen LogP contribution in [0.3, 0.4) is 0 Å². The molecule has 1 aliphatic rings. The van der Waals surface area contributed by atoms with Crippen molar-refractivity contribution in [3.8, 4) is 22.6 Å². The molecule has 3 heterocycles. The SMILES string of the molecule is Cc1nc(-c2ccccc2)c(CN2CCc3nc(-c4ccc(N)cc4)ncc3C2)s1. The number of aryl methyl sites for hydroxylation is 1. The van der Waals surface area contributed by atoms with Crippen LogP contribution in [-0.4, -0.2) is 26.4 Å². The number of nitrogen functional groups attached to an aromatic ring is 1. The highest BCUT2D eigenvalue weighted by molar-refractivity contribution is 7.12. The molecule has 4 aromatic rings. The number of fused-ring (bicyclic) bond motifs is 1. The van der Waals surface area contributed by atoms with Crippen molar-refractivity contribution in [3.63, 3.8) is 0 Å². The topological polar surface area (TPSA) is 67.9 Å². The third-order valence-electron chi connectivity index (χ3n) is 5.40. The van der Waals surface area contributed by atoms with Crippen LogP contribution in [0, 0.1) is 6.92 Å². The van der Waals surface area contributed by atoms with Gasteiger partial charge in [0, 0.05) is 59.5 Å². The molecule has 150 valence electrons. The summed E-state index contributed by atoms with van der Waals surface area (Å²) in [5, 5.41) is 1.11. The van der Waals surface area contributed by atoms with E-state index in [0.29, 0.717) is 0 Å². The van der Waals surface area contributed by atoms with Crippen LogP contribution in [0.1, 0.15) is 21.1 Å². The number of nitrogens with zero attached hydrogens (tertiary/aromatic N) is 4. The Morgan fingerprint density at radius 1 is 1.00 bits per heavy atom. The fraction of sp³-hybridized carbons (Fsp3) is 0.208. The second-order valence-electron chi connectivity index (χ2n) is 7.62. The van der Waals surface area contributed by atoms with Crippen LogP contribution in [0.25, 0.3) is 22.6 Å². The Morgan fingerprint density at radius 3 is 2.60 bits per heavy atom. The maximum absolute atomic E-state index is 5.79. The van der Waals surface area contributed by atoms with Crippen molar-refractivity contribution in [3.05, 3.63) is 81.9 Å². The van der Waals surface area contributed by atoms with Crippen LogP contribution in [0.2, 0.25) is 0 Å². The van der Waals surface area contributed by atoms with Gasteiger partial charge in [-0.05, 0) is 31.2 Å². The predicted molar refractivity (Wildman–Crippen MR) is 122 cm³/mol. The van der Waals surface area contributed by atoms with E-state index in [1.807, 2.05) is 36.5 Å². The average Bonchev–Trinajstić information content (AvgIpc) is 3.14. The highest BCUT2D eigenvalue weighted by atomic mass is 32.1. The fourth-order valence-electron chi connectivity index (χ4n) is 3.88. The number of rotatable bonds is 4. The van der Waals surface area contributed by atoms with Crippen LogP contribution >= 0.6 is 11.3 Å². The lowest BCUT2D eigenvalue weighted by Gasteiger charge is -2.27. The van der Waals surface area contributed by atoms with E-state index < -0.39 is 0 Å². The molecule has 0 aliphatic carbocycles. The molecule has 0 spiro atoms. The second-order valence-corrected chi connectivity index (χ2v) is 8.91. The summed E-state index contributed by atoms with van der Waals surface area (Å²) in [5.41, 5.74) is 12.2. The molecule has 1 aliphatic heterocycles. The number of nitrogens with two attached hydrogens (primary N) is 1. The van der Waals surface area contributed by atoms with E-state index in [1.54, 1.807) is 11.3 Å². The van der Waals surface area contributed by atoms with Gasteiger partial charge in [-0.25, -0.2) is 15.0 Å². The lowest BCUT2D eigenvalue weighted by molar-refractivity contribution is 0.245. The van der Waals surface area contributed by atoms with Gasteiger partial charge in [-0.2, -0.15) is 0 Å². The van der Waals surface area contributed by atoms with Crippen molar-refractivity contribution in [1.82, 2.24) is 19.9 Å². The zero-order chi connectivity index (χ0) is 20.5. The average molecular weight is 414 g/mol. The summed E-state index contributed by atoms with van der Waals surface area (Å²) in [7, 11) is 0. The third kappa shape index (κ3) is 3.84. The summed E-state index contributed by atoms with van der Waals surface area (Å²) < 4.78 is 0. The van der Waals surface area contributed by atoms with Gasteiger partial charge in [0.1, 0.15) is 0 Å². The molecular weight excluding hydrogens is 390 g/mol. The molecule has 0 radical (unpaired) electrons. The van der Waals surface area contributed by atoms with Crippen molar-refractivity contribution < 1.29 is 0 Å². The van der Waals surface area contributed by atoms with Crippen molar-refractivity contribution in [2.24, 2.45) is 0 Å². The normalized spacial score (nSPS) is 13.9. The molecule has 0 amide bonds. The first-order valence-corrected chi connectivity index (χ1v) is 10.9. The van der Waals surface area contributed by atoms with Gasteiger partial charge in [0.2, 0.25) is 0 Å². The highest BCUT2D eigenvalue weighted by Crippen LogP contribution is 2.30. The minimum absolute atomic E-state index is 0.750. The molecular formula is C24H23N5S. The summed E-state index contributed by atoms with van der Waals surface area (Å²) in [6.45, 7) is 4.83. The Balaban J connectivity index is 1.35. The fourth-order valence-corrected chi connectivity index (χ4v) is 4.88. The number of hydrogen-bond donors (Lipinski definition) is 1. The first-order valence-electron chi connectivity index (χ1n) is 10.1. The molecule has 0 atom stereocenters. The molecule has 2 aromatic carbocycles. The lowest BCUT2D eigenvalue weighted by Crippen LogP contribution is -2.30. The Labute approximate surface area is 180 Å². The van der Waals surface area contributed by atoms with Crippen LogP contribution in [0.4, 0.5) is 5.69 Å². The maximum Gasteiger partial charge on any atom is 0.159 e. The van der Waals surface area contributed by atoms with E-state index in [-0.39, 0.29) is 0 Å². The number of thiazole rings is 1. The number of hydrogen-bond acceptors (Lipinski definition) is 6. The molecule has 0 unspecified atom stereocenters. The summed E-state index contributed by atoms with van der Waals surface area (Å²) in [6, 6.07) is 18.2. The minimum Gasteiger partial charge on any atom is -0.399 e. The van der Waals surface area contributed by atoms with E-state index in [9.17, 15) is 0 Å². The van der Waals surface area contributed by atoms with E-state index in [1.165, 1.54) is 16.0 Å². The minimum atomic E-state index is 0.750. The Kier molecular flexibility index (Phi) is 5.02. The molecule has 30 heavy (non-hydrogen) atoms. The highest BCUT2D eigenvalue weighted by Gasteiger charge is 2.21. The molecule has 0 bridgehead atoms.